The Morgan fingerprint density at radius 2 is 0.879 bits per heavy atom. The molecule has 4 rings (SSSR count). The van der Waals surface area contributed by atoms with Crippen LogP contribution in [0, 0.1) is 48.5 Å². The standard InChI is InChI=1S/C33H36/c1-9-27-12-13-29(33-25(7)16-21(3)17-26(33)8)19-31(27)30-18-28(11-10-22(30)4)32-23(5)14-20(2)15-24(32)6/h10-19H,9H2,1-8H3. The number of rotatable bonds is 4. The molecule has 4 aromatic rings. The van der Waals surface area contributed by atoms with Crippen molar-refractivity contribution in [3.05, 3.63) is 105 Å². The lowest BCUT2D eigenvalue weighted by Gasteiger charge is -2.18. The van der Waals surface area contributed by atoms with Crippen molar-refractivity contribution >= 4 is 0 Å². The molecule has 0 unspecified atom stereocenters. The van der Waals surface area contributed by atoms with Gasteiger partial charge in [-0.05, 0) is 134 Å². The van der Waals surface area contributed by atoms with Gasteiger partial charge in [-0.3, -0.25) is 0 Å². The van der Waals surface area contributed by atoms with Gasteiger partial charge >= 0.3 is 0 Å². The average molecular weight is 433 g/mol. The second-order valence-corrected chi connectivity index (χ2v) is 9.80. The van der Waals surface area contributed by atoms with Crippen molar-refractivity contribution < 1.29 is 0 Å². The van der Waals surface area contributed by atoms with E-state index in [0.717, 1.165) is 6.42 Å². The number of hydrogen-bond acceptors (Lipinski definition) is 0. The van der Waals surface area contributed by atoms with E-state index in [2.05, 4.69) is 116 Å². The first-order valence-electron chi connectivity index (χ1n) is 12.1. The SMILES string of the molecule is CCc1ccc(-c2c(C)cc(C)cc2C)cc1-c1cc(-c2c(C)cc(C)cc2C)ccc1C. The maximum absolute atomic E-state index is 2.42. The van der Waals surface area contributed by atoms with Crippen molar-refractivity contribution in [2.24, 2.45) is 0 Å². The van der Waals surface area contributed by atoms with Gasteiger partial charge in [0.05, 0.1) is 0 Å². The van der Waals surface area contributed by atoms with Crippen molar-refractivity contribution in [2.75, 3.05) is 0 Å². The first-order chi connectivity index (χ1) is 15.7. The number of hydrogen-bond donors (Lipinski definition) is 0. The van der Waals surface area contributed by atoms with Crippen molar-refractivity contribution in [1.29, 1.82) is 0 Å². The van der Waals surface area contributed by atoms with Gasteiger partial charge in [-0.1, -0.05) is 66.6 Å². The van der Waals surface area contributed by atoms with Crippen LogP contribution in [0.15, 0.2) is 60.7 Å². The summed E-state index contributed by atoms with van der Waals surface area (Å²) < 4.78 is 0. The number of aryl methyl sites for hydroxylation is 8. The van der Waals surface area contributed by atoms with Gasteiger partial charge in [-0.15, -0.1) is 0 Å². The zero-order valence-electron chi connectivity index (χ0n) is 21.5. The second kappa shape index (κ2) is 9.02. The van der Waals surface area contributed by atoms with Crippen molar-refractivity contribution in [1.82, 2.24) is 0 Å². The molecule has 0 aliphatic rings. The van der Waals surface area contributed by atoms with Crippen LogP contribution in [0.3, 0.4) is 0 Å². The molecule has 0 fully saturated rings. The third kappa shape index (κ3) is 4.40. The van der Waals surface area contributed by atoms with Crippen LogP contribution in [0.1, 0.15) is 51.4 Å². The highest BCUT2D eigenvalue weighted by atomic mass is 14.2. The Hall–Kier alpha value is -3.12. The van der Waals surface area contributed by atoms with Crippen LogP contribution in [0.4, 0.5) is 0 Å². The molecule has 168 valence electrons. The first-order valence-corrected chi connectivity index (χ1v) is 12.1. The smallest absolute Gasteiger partial charge is 0.0125 e. The summed E-state index contributed by atoms with van der Waals surface area (Å²) >= 11 is 0. The van der Waals surface area contributed by atoms with E-state index in [9.17, 15) is 0 Å². The van der Waals surface area contributed by atoms with E-state index >= 15 is 0 Å². The molecule has 0 heteroatoms. The van der Waals surface area contributed by atoms with E-state index in [4.69, 9.17) is 0 Å². The van der Waals surface area contributed by atoms with Gasteiger partial charge in [0.2, 0.25) is 0 Å². The lowest BCUT2D eigenvalue weighted by Crippen LogP contribution is -1.96. The lowest BCUT2D eigenvalue weighted by atomic mass is 9.86. The minimum Gasteiger partial charge on any atom is -0.0613 e. The van der Waals surface area contributed by atoms with E-state index in [1.165, 1.54) is 77.9 Å². The molecule has 0 saturated carbocycles. The highest BCUT2D eigenvalue weighted by molar-refractivity contribution is 5.83. The minimum absolute atomic E-state index is 1.02. The fraction of sp³-hybridized carbons (Fsp3) is 0.273. The van der Waals surface area contributed by atoms with Crippen LogP contribution in [-0.2, 0) is 6.42 Å². The fourth-order valence-electron chi connectivity index (χ4n) is 5.63. The van der Waals surface area contributed by atoms with Crippen LogP contribution >= 0.6 is 0 Å². The fourth-order valence-corrected chi connectivity index (χ4v) is 5.63. The molecule has 0 aliphatic carbocycles. The maximum atomic E-state index is 2.42. The molecule has 0 spiro atoms. The van der Waals surface area contributed by atoms with Crippen LogP contribution in [0.2, 0.25) is 0 Å². The summed E-state index contributed by atoms with van der Waals surface area (Å²) in [5.74, 6) is 0. The van der Waals surface area contributed by atoms with Crippen LogP contribution in [0.25, 0.3) is 33.4 Å². The molecule has 0 bridgehead atoms. The third-order valence-electron chi connectivity index (χ3n) is 6.95. The molecule has 0 amide bonds. The summed E-state index contributed by atoms with van der Waals surface area (Å²) in [5.41, 5.74) is 18.8. The Labute approximate surface area is 200 Å². The zero-order valence-corrected chi connectivity index (χ0v) is 21.5. The topological polar surface area (TPSA) is 0 Å². The van der Waals surface area contributed by atoms with E-state index in [-0.39, 0.29) is 0 Å². The van der Waals surface area contributed by atoms with E-state index in [1.807, 2.05) is 0 Å². The van der Waals surface area contributed by atoms with Gasteiger partial charge in [0.1, 0.15) is 0 Å². The average Bonchev–Trinajstić information content (AvgIpc) is 2.73. The molecule has 4 aromatic carbocycles. The first kappa shape index (κ1) is 23.1. The summed E-state index contributed by atoms with van der Waals surface area (Å²) in [6.45, 7) is 17.8. The van der Waals surface area contributed by atoms with Gasteiger partial charge in [-0.25, -0.2) is 0 Å². The highest BCUT2D eigenvalue weighted by Crippen LogP contribution is 2.38. The van der Waals surface area contributed by atoms with Crippen molar-refractivity contribution in [2.45, 2.75) is 61.8 Å². The van der Waals surface area contributed by atoms with Crippen molar-refractivity contribution in [3.8, 4) is 33.4 Å². The van der Waals surface area contributed by atoms with Gasteiger partial charge < -0.3 is 0 Å². The predicted molar refractivity (Wildman–Crippen MR) is 145 cm³/mol. The Bertz CT molecular complexity index is 1300. The van der Waals surface area contributed by atoms with Gasteiger partial charge in [0, 0.05) is 0 Å². The van der Waals surface area contributed by atoms with E-state index in [0.29, 0.717) is 0 Å². The Morgan fingerprint density at radius 3 is 1.33 bits per heavy atom. The van der Waals surface area contributed by atoms with Gasteiger partial charge in [-0.2, -0.15) is 0 Å². The molecule has 0 aromatic heterocycles. The summed E-state index contributed by atoms with van der Waals surface area (Å²) in [6, 6.07) is 23.2. The molecular formula is C33H36. The molecule has 0 radical (unpaired) electrons. The molecule has 0 heterocycles. The van der Waals surface area contributed by atoms with E-state index in [1.54, 1.807) is 0 Å². The molecule has 0 aliphatic heterocycles. The molecule has 0 saturated heterocycles. The summed E-state index contributed by atoms with van der Waals surface area (Å²) in [4.78, 5) is 0. The maximum Gasteiger partial charge on any atom is -0.0125 e. The molecule has 0 N–H and O–H groups in total. The van der Waals surface area contributed by atoms with Crippen LogP contribution in [0.5, 0.6) is 0 Å². The Balaban J connectivity index is 1.93. The molecule has 0 atom stereocenters. The monoisotopic (exact) mass is 432 g/mol. The normalized spacial score (nSPS) is 11.2. The van der Waals surface area contributed by atoms with Crippen LogP contribution in [-0.4, -0.2) is 0 Å². The Kier molecular flexibility index (Phi) is 6.30. The minimum atomic E-state index is 1.02. The van der Waals surface area contributed by atoms with Crippen LogP contribution < -0.4 is 0 Å². The Morgan fingerprint density at radius 1 is 0.455 bits per heavy atom. The van der Waals surface area contributed by atoms with Gasteiger partial charge in [0.15, 0.2) is 0 Å². The summed E-state index contributed by atoms with van der Waals surface area (Å²) in [7, 11) is 0. The lowest BCUT2D eigenvalue weighted by molar-refractivity contribution is 1.14. The largest absolute Gasteiger partial charge is 0.0613 e. The molecular weight excluding hydrogens is 396 g/mol. The quantitative estimate of drug-likeness (QED) is 0.301. The highest BCUT2D eigenvalue weighted by Gasteiger charge is 2.14. The van der Waals surface area contributed by atoms with Crippen molar-refractivity contribution in [3.63, 3.8) is 0 Å². The van der Waals surface area contributed by atoms with E-state index < -0.39 is 0 Å². The predicted octanol–water partition coefficient (Wildman–Crippen LogP) is 9.41. The molecule has 0 nitrogen and oxygen atoms in total. The molecule has 33 heavy (non-hydrogen) atoms. The summed E-state index contributed by atoms with van der Waals surface area (Å²) in [6.07, 6.45) is 1.02. The second-order valence-electron chi connectivity index (χ2n) is 9.80. The summed E-state index contributed by atoms with van der Waals surface area (Å²) in [5, 5.41) is 0. The third-order valence-corrected chi connectivity index (χ3v) is 6.95. The van der Waals surface area contributed by atoms with Gasteiger partial charge in [0.25, 0.3) is 0 Å². The zero-order chi connectivity index (χ0) is 23.9. The number of benzene rings is 4.